The van der Waals surface area contributed by atoms with Gasteiger partial charge in [0, 0.05) is 15.4 Å². The summed E-state index contributed by atoms with van der Waals surface area (Å²) in [5.41, 5.74) is 0. The minimum absolute atomic E-state index is 0.864. The second-order valence-corrected chi connectivity index (χ2v) is 5.73. The standard InChI is InChI=1S/C11H16BrNS/c12-10-6-8-14-11(10)3-1-2-7-13-9-4-5-9/h6,8-9,13H,1-5,7H2. The van der Waals surface area contributed by atoms with Crippen LogP contribution in [0, 0.1) is 0 Å². The Labute approximate surface area is 98.0 Å². The molecular formula is C11H16BrNS. The molecule has 0 radical (unpaired) electrons. The van der Waals surface area contributed by atoms with E-state index in [4.69, 9.17) is 0 Å². The zero-order valence-corrected chi connectivity index (χ0v) is 10.7. The Morgan fingerprint density at radius 2 is 2.29 bits per heavy atom. The molecule has 1 N–H and O–H groups in total. The minimum Gasteiger partial charge on any atom is -0.314 e. The fourth-order valence-corrected chi connectivity index (χ4v) is 3.10. The van der Waals surface area contributed by atoms with E-state index in [1.54, 1.807) is 0 Å². The molecule has 1 aromatic rings. The highest BCUT2D eigenvalue weighted by Gasteiger charge is 2.19. The van der Waals surface area contributed by atoms with Crippen LogP contribution in [0.3, 0.4) is 0 Å². The SMILES string of the molecule is Brc1ccsc1CCCCNC1CC1. The van der Waals surface area contributed by atoms with Crippen molar-refractivity contribution >= 4 is 27.3 Å². The van der Waals surface area contributed by atoms with Crippen molar-refractivity contribution in [2.45, 2.75) is 38.1 Å². The summed E-state index contributed by atoms with van der Waals surface area (Å²) in [6.07, 6.45) is 6.64. The first-order valence-corrected chi connectivity index (χ1v) is 6.99. The van der Waals surface area contributed by atoms with Gasteiger partial charge in [-0.25, -0.2) is 0 Å². The van der Waals surface area contributed by atoms with Crippen molar-refractivity contribution in [2.75, 3.05) is 6.54 Å². The van der Waals surface area contributed by atoms with Crippen LogP contribution in [0.1, 0.15) is 30.6 Å². The summed E-state index contributed by atoms with van der Waals surface area (Å²) in [6, 6.07) is 3.01. The number of thiophene rings is 1. The van der Waals surface area contributed by atoms with Gasteiger partial charge in [0.25, 0.3) is 0 Å². The number of hydrogen-bond acceptors (Lipinski definition) is 2. The van der Waals surface area contributed by atoms with Crippen LogP contribution in [0.5, 0.6) is 0 Å². The van der Waals surface area contributed by atoms with E-state index < -0.39 is 0 Å². The van der Waals surface area contributed by atoms with E-state index in [0.717, 1.165) is 6.04 Å². The normalized spacial score (nSPS) is 16.1. The van der Waals surface area contributed by atoms with E-state index in [1.807, 2.05) is 11.3 Å². The maximum Gasteiger partial charge on any atom is 0.0314 e. The highest BCUT2D eigenvalue weighted by atomic mass is 79.9. The van der Waals surface area contributed by atoms with Crippen LogP contribution in [-0.4, -0.2) is 12.6 Å². The Morgan fingerprint density at radius 3 is 2.93 bits per heavy atom. The first-order valence-electron chi connectivity index (χ1n) is 5.31. The van der Waals surface area contributed by atoms with E-state index in [9.17, 15) is 0 Å². The first-order chi connectivity index (χ1) is 6.86. The van der Waals surface area contributed by atoms with Crippen molar-refractivity contribution in [3.05, 3.63) is 20.8 Å². The molecule has 0 bridgehead atoms. The molecule has 1 fully saturated rings. The molecule has 1 saturated carbocycles. The van der Waals surface area contributed by atoms with Crippen LogP contribution in [0.2, 0.25) is 0 Å². The second-order valence-electron chi connectivity index (χ2n) is 3.88. The lowest BCUT2D eigenvalue weighted by molar-refractivity contribution is 0.621. The van der Waals surface area contributed by atoms with Crippen LogP contribution in [-0.2, 0) is 6.42 Å². The van der Waals surface area contributed by atoms with Gasteiger partial charge in [0.2, 0.25) is 0 Å². The van der Waals surface area contributed by atoms with Crippen LogP contribution in [0.4, 0.5) is 0 Å². The van der Waals surface area contributed by atoms with E-state index >= 15 is 0 Å². The number of halogens is 1. The second kappa shape index (κ2) is 5.29. The Hall–Kier alpha value is 0.140. The fraction of sp³-hybridized carbons (Fsp3) is 0.636. The topological polar surface area (TPSA) is 12.0 Å². The average molecular weight is 274 g/mol. The maximum absolute atomic E-state index is 3.56. The molecule has 0 amide bonds. The van der Waals surface area contributed by atoms with Gasteiger partial charge in [-0.05, 0) is 66.0 Å². The zero-order chi connectivity index (χ0) is 9.80. The number of nitrogens with one attached hydrogen (secondary N) is 1. The summed E-state index contributed by atoms with van der Waals surface area (Å²) in [5.74, 6) is 0. The minimum atomic E-state index is 0.864. The molecule has 14 heavy (non-hydrogen) atoms. The third-order valence-corrected chi connectivity index (χ3v) is 4.52. The van der Waals surface area contributed by atoms with E-state index in [0.29, 0.717) is 0 Å². The lowest BCUT2D eigenvalue weighted by Gasteiger charge is -2.01. The van der Waals surface area contributed by atoms with Crippen LogP contribution in [0.25, 0.3) is 0 Å². The molecule has 1 heterocycles. The van der Waals surface area contributed by atoms with Gasteiger partial charge >= 0.3 is 0 Å². The summed E-state index contributed by atoms with van der Waals surface area (Å²) in [4.78, 5) is 1.50. The van der Waals surface area contributed by atoms with Gasteiger partial charge in [-0.15, -0.1) is 11.3 Å². The Balaban J connectivity index is 1.56. The zero-order valence-electron chi connectivity index (χ0n) is 8.26. The molecule has 0 spiro atoms. The molecule has 1 aliphatic rings. The molecule has 1 aliphatic carbocycles. The van der Waals surface area contributed by atoms with Gasteiger partial charge in [-0.2, -0.15) is 0 Å². The summed E-state index contributed by atoms with van der Waals surface area (Å²) < 4.78 is 1.29. The predicted molar refractivity (Wildman–Crippen MR) is 66.0 cm³/mol. The maximum atomic E-state index is 3.56. The Kier molecular flexibility index (Phi) is 4.02. The molecule has 0 saturated heterocycles. The van der Waals surface area contributed by atoms with Gasteiger partial charge in [-0.3, -0.25) is 0 Å². The smallest absolute Gasteiger partial charge is 0.0314 e. The number of aryl methyl sites for hydroxylation is 1. The molecule has 2 rings (SSSR count). The number of unbranched alkanes of at least 4 members (excludes halogenated alkanes) is 1. The van der Waals surface area contributed by atoms with E-state index in [1.165, 1.54) is 48.0 Å². The molecule has 0 aliphatic heterocycles. The van der Waals surface area contributed by atoms with E-state index in [-0.39, 0.29) is 0 Å². The molecular weight excluding hydrogens is 258 g/mol. The van der Waals surface area contributed by atoms with Crippen LogP contribution in [0.15, 0.2) is 15.9 Å². The summed E-state index contributed by atoms with van der Waals surface area (Å²) in [5, 5.41) is 5.70. The largest absolute Gasteiger partial charge is 0.314 e. The van der Waals surface area contributed by atoms with Crippen LogP contribution >= 0.6 is 27.3 Å². The highest BCUT2D eigenvalue weighted by Crippen LogP contribution is 2.24. The van der Waals surface area contributed by atoms with Gasteiger partial charge in [-0.1, -0.05) is 0 Å². The Morgan fingerprint density at radius 1 is 1.43 bits per heavy atom. The summed E-state index contributed by atoms with van der Waals surface area (Å²) in [6.45, 7) is 1.20. The van der Waals surface area contributed by atoms with Crippen molar-refractivity contribution < 1.29 is 0 Å². The van der Waals surface area contributed by atoms with Crippen molar-refractivity contribution in [2.24, 2.45) is 0 Å². The lowest BCUT2D eigenvalue weighted by atomic mass is 10.2. The monoisotopic (exact) mass is 273 g/mol. The first kappa shape index (κ1) is 10.7. The molecule has 78 valence electrons. The van der Waals surface area contributed by atoms with Gasteiger partial charge < -0.3 is 5.32 Å². The fourth-order valence-electron chi connectivity index (χ4n) is 1.51. The van der Waals surface area contributed by atoms with E-state index in [2.05, 4.69) is 32.7 Å². The van der Waals surface area contributed by atoms with Gasteiger partial charge in [0.1, 0.15) is 0 Å². The predicted octanol–water partition coefficient (Wildman–Crippen LogP) is 3.59. The quantitative estimate of drug-likeness (QED) is 0.782. The van der Waals surface area contributed by atoms with Crippen LogP contribution < -0.4 is 5.32 Å². The third-order valence-electron chi connectivity index (χ3n) is 2.53. The lowest BCUT2D eigenvalue weighted by Crippen LogP contribution is -2.17. The molecule has 0 aromatic carbocycles. The molecule has 0 atom stereocenters. The molecule has 0 unspecified atom stereocenters. The van der Waals surface area contributed by atoms with Crippen molar-refractivity contribution in [3.63, 3.8) is 0 Å². The average Bonchev–Trinajstić information content (AvgIpc) is 2.91. The van der Waals surface area contributed by atoms with Crippen molar-refractivity contribution in [1.82, 2.24) is 5.32 Å². The molecule has 1 aromatic heterocycles. The number of hydrogen-bond donors (Lipinski definition) is 1. The van der Waals surface area contributed by atoms with Crippen molar-refractivity contribution in [3.8, 4) is 0 Å². The third kappa shape index (κ3) is 3.37. The number of rotatable bonds is 6. The summed E-state index contributed by atoms with van der Waals surface area (Å²) in [7, 11) is 0. The van der Waals surface area contributed by atoms with Crippen molar-refractivity contribution in [1.29, 1.82) is 0 Å². The summed E-state index contributed by atoms with van der Waals surface area (Å²) >= 11 is 5.42. The highest BCUT2D eigenvalue weighted by molar-refractivity contribution is 9.10. The Bertz CT molecular complexity index is 281. The van der Waals surface area contributed by atoms with Gasteiger partial charge in [0.05, 0.1) is 0 Å². The molecule has 3 heteroatoms. The van der Waals surface area contributed by atoms with Gasteiger partial charge in [0.15, 0.2) is 0 Å². The molecule has 1 nitrogen and oxygen atoms in total.